The Hall–Kier alpha value is -4.20. The molecule has 4 N–H and O–H groups in total. The second-order valence-corrected chi connectivity index (χ2v) is 7.97. The monoisotopic (exact) mass is 443 g/mol. The van der Waals surface area contributed by atoms with Gasteiger partial charge in [0.1, 0.15) is 29.8 Å². The van der Waals surface area contributed by atoms with Crippen molar-refractivity contribution in [3.05, 3.63) is 89.0 Å². The standard InChI is InChI=1S/C25H22FN5O2/c26-18-5-7-19(8-6-18)29-25(32)17-12-16-2-1-11-31-22(30-21(13-17)23(16)31)14-33-20-9-3-15(4-10-20)24(27)28/h3-10,12-13H,1-2,11,14H2,(H3,27,28)(H,29,32). The molecule has 0 aliphatic carbocycles. The van der Waals surface area contributed by atoms with E-state index in [0.29, 0.717) is 22.6 Å². The van der Waals surface area contributed by atoms with E-state index in [9.17, 15) is 9.18 Å². The van der Waals surface area contributed by atoms with Crippen LogP contribution < -0.4 is 15.8 Å². The number of hydrogen-bond acceptors (Lipinski definition) is 4. The van der Waals surface area contributed by atoms with Gasteiger partial charge in [-0.1, -0.05) is 0 Å². The number of nitrogens with one attached hydrogen (secondary N) is 2. The van der Waals surface area contributed by atoms with Crippen molar-refractivity contribution in [2.45, 2.75) is 26.0 Å². The Morgan fingerprint density at radius 1 is 1.12 bits per heavy atom. The summed E-state index contributed by atoms with van der Waals surface area (Å²) in [6.45, 7) is 1.12. The maximum atomic E-state index is 13.1. The predicted octanol–water partition coefficient (Wildman–Crippen LogP) is 4.24. The van der Waals surface area contributed by atoms with E-state index in [-0.39, 0.29) is 24.2 Å². The van der Waals surface area contributed by atoms with Gasteiger partial charge in [-0.2, -0.15) is 0 Å². The van der Waals surface area contributed by atoms with Crippen LogP contribution in [0, 0.1) is 11.2 Å². The number of carbonyl (C=O) groups excluding carboxylic acids is 1. The molecule has 5 rings (SSSR count). The maximum absolute atomic E-state index is 13.1. The summed E-state index contributed by atoms with van der Waals surface area (Å²) in [5.74, 6) is 0.849. The normalized spacial score (nSPS) is 12.5. The van der Waals surface area contributed by atoms with Gasteiger partial charge in [-0.25, -0.2) is 9.37 Å². The van der Waals surface area contributed by atoms with E-state index in [1.54, 1.807) is 30.3 Å². The van der Waals surface area contributed by atoms with Crippen LogP contribution in [0.5, 0.6) is 5.75 Å². The molecular weight excluding hydrogens is 421 g/mol. The molecule has 0 saturated carbocycles. The van der Waals surface area contributed by atoms with Crippen LogP contribution in [0.3, 0.4) is 0 Å². The molecular formula is C25H22FN5O2. The zero-order chi connectivity index (χ0) is 22.9. The molecule has 2 heterocycles. The van der Waals surface area contributed by atoms with Gasteiger partial charge >= 0.3 is 0 Å². The van der Waals surface area contributed by atoms with Crippen LogP contribution in [0.25, 0.3) is 11.0 Å². The van der Waals surface area contributed by atoms with Gasteiger partial charge in [0, 0.05) is 23.4 Å². The molecule has 1 aromatic heterocycles. The van der Waals surface area contributed by atoms with Gasteiger partial charge in [-0.3, -0.25) is 10.2 Å². The predicted molar refractivity (Wildman–Crippen MR) is 124 cm³/mol. The molecule has 33 heavy (non-hydrogen) atoms. The first kappa shape index (κ1) is 20.7. The van der Waals surface area contributed by atoms with Crippen LogP contribution in [-0.2, 0) is 19.6 Å². The van der Waals surface area contributed by atoms with Crippen LogP contribution in [0.4, 0.5) is 10.1 Å². The number of nitrogens with two attached hydrogens (primary N) is 1. The fraction of sp³-hybridized carbons (Fsp3) is 0.160. The summed E-state index contributed by atoms with van der Waals surface area (Å²) in [6, 6.07) is 16.4. The first-order valence-electron chi connectivity index (χ1n) is 10.6. The summed E-state index contributed by atoms with van der Waals surface area (Å²) in [6.07, 6.45) is 1.81. The first-order chi connectivity index (χ1) is 16.0. The molecule has 0 bridgehead atoms. The lowest BCUT2D eigenvalue weighted by atomic mass is 10.0. The fourth-order valence-corrected chi connectivity index (χ4v) is 4.12. The van der Waals surface area contributed by atoms with E-state index in [1.165, 1.54) is 24.3 Å². The highest BCUT2D eigenvalue weighted by Crippen LogP contribution is 2.29. The van der Waals surface area contributed by atoms with Crippen molar-refractivity contribution in [2.75, 3.05) is 5.32 Å². The highest BCUT2D eigenvalue weighted by atomic mass is 19.1. The van der Waals surface area contributed by atoms with E-state index < -0.39 is 0 Å². The number of anilines is 1. The van der Waals surface area contributed by atoms with Crippen LogP contribution in [0.15, 0.2) is 60.7 Å². The lowest BCUT2D eigenvalue weighted by Crippen LogP contribution is -2.15. The van der Waals surface area contributed by atoms with Crippen LogP contribution in [-0.4, -0.2) is 21.3 Å². The molecule has 0 unspecified atom stereocenters. The summed E-state index contributed by atoms with van der Waals surface area (Å²) in [5.41, 5.74) is 10.0. The first-order valence-corrected chi connectivity index (χ1v) is 10.6. The third-order valence-electron chi connectivity index (χ3n) is 5.73. The molecule has 0 atom stereocenters. The number of hydrogen-bond donors (Lipinski definition) is 3. The molecule has 4 aromatic rings. The topological polar surface area (TPSA) is 106 Å². The highest BCUT2D eigenvalue weighted by Gasteiger charge is 2.21. The van der Waals surface area contributed by atoms with E-state index in [2.05, 4.69) is 9.88 Å². The Labute approximate surface area is 189 Å². The SMILES string of the molecule is N=C(N)c1ccc(OCc2nc3cc(C(=O)Nc4ccc(F)cc4)cc4c3n2CCC4)cc1. The molecule has 166 valence electrons. The van der Waals surface area contributed by atoms with Crippen LogP contribution >= 0.6 is 0 Å². The van der Waals surface area contributed by atoms with Crippen LogP contribution in [0.2, 0.25) is 0 Å². The summed E-state index contributed by atoms with van der Waals surface area (Å²) >= 11 is 0. The van der Waals surface area contributed by atoms with E-state index in [4.69, 9.17) is 20.9 Å². The Kier molecular flexibility index (Phi) is 5.26. The minimum absolute atomic E-state index is 0.0114. The van der Waals surface area contributed by atoms with Crippen molar-refractivity contribution in [3.63, 3.8) is 0 Å². The largest absolute Gasteiger partial charge is 0.486 e. The second-order valence-electron chi connectivity index (χ2n) is 7.97. The Morgan fingerprint density at radius 2 is 1.88 bits per heavy atom. The number of aromatic nitrogens is 2. The average Bonchev–Trinajstić information content (AvgIpc) is 3.18. The van der Waals surface area contributed by atoms with Gasteiger partial charge in [0.25, 0.3) is 5.91 Å². The number of nitrogen functional groups attached to an aromatic ring is 1. The number of amidine groups is 1. The summed E-state index contributed by atoms with van der Waals surface area (Å²) in [4.78, 5) is 17.6. The number of nitrogens with zero attached hydrogens (tertiary/aromatic N) is 2. The zero-order valence-electron chi connectivity index (χ0n) is 17.8. The lowest BCUT2D eigenvalue weighted by Gasteiger charge is -2.17. The molecule has 1 aliphatic rings. The molecule has 0 spiro atoms. The van der Waals surface area contributed by atoms with Crippen molar-refractivity contribution in [1.29, 1.82) is 5.41 Å². The molecule has 0 saturated heterocycles. The fourth-order valence-electron chi connectivity index (χ4n) is 4.12. The van der Waals surface area contributed by atoms with Gasteiger partial charge < -0.3 is 20.4 Å². The Bertz CT molecular complexity index is 1360. The molecule has 7 nitrogen and oxygen atoms in total. The van der Waals surface area contributed by atoms with E-state index in [0.717, 1.165) is 41.8 Å². The Balaban J connectivity index is 1.40. The van der Waals surface area contributed by atoms with Gasteiger partial charge in [-0.05, 0) is 79.1 Å². The highest BCUT2D eigenvalue weighted by molar-refractivity contribution is 6.06. The molecule has 8 heteroatoms. The van der Waals surface area contributed by atoms with Crippen molar-refractivity contribution < 1.29 is 13.9 Å². The number of halogens is 1. The molecule has 3 aromatic carbocycles. The number of aryl methyl sites for hydroxylation is 2. The summed E-state index contributed by atoms with van der Waals surface area (Å²) < 4.78 is 21.2. The number of ether oxygens (including phenoxy) is 1. The third kappa shape index (κ3) is 4.15. The number of benzene rings is 3. The quantitative estimate of drug-likeness (QED) is 0.306. The summed E-state index contributed by atoms with van der Waals surface area (Å²) in [5, 5.41) is 10.3. The second kappa shape index (κ2) is 8.38. The zero-order valence-corrected chi connectivity index (χ0v) is 17.8. The van der Waals surface area contributed by atoms with E-state index >= 15 is 0 Å². The van der Waals surface area contributed by atoms with Gasteiger partial charge in [-0.15, -0.1) is 0 Å². The smallest absolute Gasteiger partial charge is 0.255 e. The van der Waals surface area contributed by atoms with Crippen LogP contribution in [0.1, 0.15) is 33.7 Å². The Morgan fingerprint density at radius 3 is 2.61 bits per heavy atom. The van der Waals surface area contributed by atoms with Crippen molar-refractivity contribution in [1.82, 2.24) is 9.55 Å². The van der Waals surface area contributed by atoms with Crippen molar-refractivity contribution in [3.8, 4) is 5.75 Å². The van der Waals surface area contributed by atoms with Gasteiger partial charge in [0.2, 0.25) is 0 Å². The lowest BCUT2D eigenvalue weighted by molar-refractivity contribution is 0.102. The average molecular weight is 443 g/mol. The minimum atomic E-state index is -0.353. The third-order valence-corrected chi connectivity index (χ3v) is 5.73. The van der Waals surface area contributed by atoms with Gasteiger partial charge in [0.15, 0.2) is 0 Å². The molecule has 1 aliphatic heterocycles. The molecule has 0 radical (unpaired) electrons. The number of imidazole rings is 1. The number of amides is 1. The number of carbonyl (C=O) groups is 1. The van der Waals surface area contributed by atoms with Crippen molar-refractivity contribution in [2.24, 2.45) is 5.73 Å². The minimum Gasteiger partial charge on any atom is -0.486 e. The molecule has 0 fully saturated rings. The maximum Gasteiger partial charge on any atom is 0.255 e. The molecule has 1 amide bonds. The van der Waals surface area contributed by atoms with Crippen molar-refractivity contribution >= 4 is 28.5 Å². The van der Waals surface area contributed by atoms with Gasteiger partial charge in [0.05, 0.1) is 11.0 Å². The van der Waals surface area contributed by atoms with E-state index in [1.807, 2.05) is 6.07 Å². The summed E-state index contributed by atoms with van der Waals surface area (Å²) in [7, 11) is 0. The number of rotatable bonds is 6.